The third kappa shape index (κ3) is 6.92. The molecule has 0 atom stereocenters. The standard InChI is InChI=1S/C23H30N4O3/c1-5-18-8-6-7-9-20(18)26-21(28)15-27(4)22(29)19-12-10-17(11-13-19)14-24-23(30)25-16(2)3/h6-13,16H,5,14-15H2,1-4H3,(H,26,28)(H2,24,25,30). The van der Waals surface area contributed by atoms with E-state index in [4.69, 9.17) is 0 Å². The molecule has 0 aliphatic carbocycles. The van der Waals surface area contributed by atoms with Crippen LogP contribution in [0.5, 0.6) is 0 Å². The Morgan fingerprint density at radius 1 is 1.00 bits per heavy atom. The number of likely N-dealkylation sites (N-methyl/N-ethyl adjacent to an activating group) is 1. The average molecular weight is 411 g/mol. The Hall–Kier alpha value is -3.35. The first-order valence-corrected chi connectivity index (χ1v) is 10.1. The zero-order valence-electron chi connectivity index (χ0n) is 18.0. The van der Waals surface area contributed by atoms with Crippen LogP contribution in [-0.4, -0.2) is 42.4 Å². The summed E-state index contributed by atoms with van der Waals surface area (Å²) in [5.74, 6) is -0.491. The van der Waals surface area contributed by atoms with Crippen LogP contribution < -0.4 is 16.0 Å². The van der Waals surface area contributed by atoms with Gasteiger partial charge in [-0.3, -0.25) is 9.59 Å². The van der Waals surface area contributed by atoms with Gasteiger partial charge in [0.1, 0.15) is 0 Å². The van der Waals surface area contributed by atoms with Gasteiger partial charge in [-0.15, -0.1) is 0 Å². The molecule has 30 heavy (non-hydrogen) atoms. The lowest BCUT2D eigenvalue weighted by Crippen LogP contribution is -2.39. The predicted octanol–water partition coefficient (Wildman–Crippen LogP) is 3.17. The molecular formula is C23H30N4O3. The lowest BCUT2D eigenvalue weighted by molar-refractivity contribution is -0.116. The largest absolute Gasteiger partial charge is 0.336 e. The number of urea groups is 1. The summed E-state index contributed by atoms with van der Waals surface area (Å²) in [5.41, 5.74) is 3.17. The quantitative estimate of drug-likeness (QED) is 0.624. The van der Waals surface area contributed by atoms with E-state index in [2.05, 4.69) is 16.0 Å². The molecule has 0 saturated heterocycles. The van der Waals surface area contributed by atoms with Crippen molar-refractivity contribution < 1.29 is 14.4 Å². The van der Waals surface area contributed by atoms with Crippen LogP contribution in [0.25, 0.3) is 0 Å². The molecule has 0 saturated carbocycles. The van der Waals surface area contributed by atoms with Gasteiger partial charge in [-0.05, 0) is 49.6 Å². The fraction of sp³-hybridized carbons (Fsp3) is 0.348. The second-order valence-corrected chi connectivity index (χ2v) is 7.40. The molecular weight excluding hydrogens is 380 g/mol. The fourth-order valence-corrected chi connectivity index (χ4v) is 2.91. The van der Waals surface area contributed by atoms with Crippen LogP contribution in [-0.2, 0) is 17.8 Å². The first-order chi connectivity index (χ1) is 14.3. The maximum absolute atomic E-state index is 12.6. The highest BCUT2D eigenvalue weighted by atomic mass is 16.2. The van der Waals surface area contributed by atoms with Gasteiger partial charge in [0.2, 0.25) is 5.91 Å². The summed E-state index contributed by atoms with van der Waals surface area (Å²) in [6, 6.07) is 14.4. The number of hydrogen-bond donors (Lipinski definition) is 3. The Kier molecular flexibility index (Phi) is 8.41. The van der Waals surface area contributed by atoms with E-state index in [-0.39, 0.29) is 30.4 Å². The Morgan fingerprint density at radius 3 is 2.30 bits per heavy atom. The molecule has 4 amide bonds. The number of hydrogen-bond acceptors (Lipinski definition) is 3. The lowest BCUT2D eigenvalue weighted by Gasteiger charge is -2.18. The van der Waals surface area contributed by atoms with Crippen LogP contribution in [0.2, 0.25) is 0 Å². The van der Waals surface area contributed by atoms with Crippen LogP contribution in [0.4, 0.5) is 10.5 Å². The van der Waals surface area contributed by atoms with Gasteiger partial charge in [0.15, 0.2) is 0 Å². The summed E-state index contributed by atoms with van der Waals surface area (Å²) in [5, 5.41) is 8.38. The van der Waals surface area contributed by atoms with E-state index in [0.29, 0.717) is 12.1 Å². The van der Waals surface area contributed by atoms with Crippen molar-refractivity contribution in [1.29, 1.82) is 0 Å². The van der Waals surface area contributed by atoms with Crippen molar-refractivity contribution in [3.05, 3.63) is 65.2 Å². The van der Waals surface area contributed by atoms with Gasteiger partial charge in [0.05, 0.1) is 6.54 Å². The molecule has 0 fully saturated rings. The molecule has 2 aromatic rings. The highest BCUT2D eigenvalue weighted by Gasteiger charge is 2.16. The molecule has 0 radical (unpaired) electrons. The summed E-state index contributed by atoms with van der Waals surface area (Å²) in [6.45, 7) is 6.12. The van der Waals surface area contributed by atoms with Gasteiger partial charge in [0.25, 0.3) is 5.91 Å². The second-order valence-electron chi connectivity index (χ2n) is 7.40. The summed E-state index contributed by atoms with van der Waals surface area (Å²) < 4.78 is 0. The fourth-order valence-electron chi connectivity index (χ4n) is 2.91. The van der Waals surface area contributed by atoms with Gasteiger partial charge < -0.3 is 20.9 Å². The Balaban J connectivity index is 1.89. The van der Waals surface area contributed by atoms with Crippen LogP contribution in [0.15, 0.2) is 48.5 Å². The smallest absolute Gasteiger partial charge is 0.315 e. The molecule has 0 spiro atoms. The van der Waals surface area contributed by atoms with E-state index in [0.717, 1.165) is 23.2 Å². The number of aryl methyl sites for hydroxylation is 1. The summed E-state index contributed by atoms with van der Waals surface area (Å²) >= 11 is 0. The first-order valence-electron chi connectivity index (χ1n) is 10.1. The highest BCUT2D eigenvalue weighted by molar-refractivity contribution is 5.99. The Labute approximate surface area is 177 Å². The Morgan fingerprint density at radius 2 is 1.67 bits per heavy atom. The minimum atomic E-state index is -0.247. The molecule has 0 aliphatic rings. The van der Waals surface area contributed by atoms with E-state index in [1.807, 2.05) is 45.0 Å². The van der Waals surface area contributed by atoms with Gasteiger partial charge in [-0.2, -0.15) is 0 Å². The van der Waals surface area contributed by atoms with Crippen molar-refractivity contribution in [2.45, 2.75) is 39.8 Å². The zero-order chi connectivity index (χ0) is 22.1. The van der Waals surface area contributed by atoms with Crippen LogP contribution in [0.3, 0.4) is 0 Å². The van der Waals surface area contributed by atoms with Crippen LogP contribution in [0, 0.1) is 0 Å². The number of rotatable bonds is 8. The van der Waals surface area contributed by atoms with Gasteiger partial charge >= 0.3 is 6.03 Å². The predicted molar refractivity (Wildman–Crippen MR) is 118 cm³/mol. The van der Waals surface area contributed by atoms with Gasteiger partial charge in [0, 0.05) is 30.9 Å². The zero-order valence-corrected chi connectivity index (χ0v) is 18.0. The maximum atomic E-state index is 12.6. The number of anilines is 1. The van der Waals surface area contributed by atoms with E-state index in [9.17, 15) is 14.4 Å². The van der Waals surface area contributed by atoms with E-state index in [1.54, 1.807) is 31.3 Å². The monoisotopic (exact) mass is 410 g/mol. The third-order valence-electron chi connectivity index (χ3n) is 4.47. The number of para-hydroxylation sites is 1. The van der Waals surface area contributed by atoms with E-state index >= 15 is 0 Å². The molecule has 7 nitrogen and oxygen atoms in total. The second kappa shape index (κ2) is 11.0. The minimum absolute atomic E-state index is 0.0461. The van der Waals surface area contributed by atoms with Crippen molar-refractivity contribution >= 4 is 23.5 Å². The molecule has 0 aliphatic heterocycles. The van der Waals surface area contributed by atoms with Crippen LogP contribution in [0.1, 0.15) is 42.3 Å². The molecule has 0 heterocycles. The Bertz CT molecular complexity index is 878. The maximum Gasteiger partial charge on any atom is 0.315 e. The van der Waals surface area contributed by atoms with E-state index in [1.165, 1.54) is 4.90 Å². The number of carbonyl (C=O) groups excluding carboxylic acids is 3. The molecule has 2 aromatic carbocycles. The third-order valence-corrected chi connectivity index (χ3v) is 4.47. The molecule has 160 valence electrons. The molecule has 2 rings (SSSR count). The van der Waals surface area contributed by atoms with Gasteiger partial charge in [-0.1, -0.05) is 37.3 Å². The minimum Gasteiger partial charge on any atom is -0.336 e. The van der Waals surface area contributed by atoms with Gasteiger partial charge in [-0.25, -0.2) is 4.79 Å². The van der Waals surface area contributed by atoms with Crippen molar-refractivity contribution in [3.8, 4) is 0 Å². The van der Waals surface area contributed by atoms with E-state index < -0.39 is 0 Å². The van der Waals surface area contributed by atoms with Crippen LogP contribution >= 0.6 is 0 Å². The first kappa shape index (κ1) is 22.9. The number of benzene rings is 2. The number of nitrogens with zero attached hydrogens (tertiary/aromatic N) is 1. The summed E-state index contributed by atoms with van der Waals surface area (Å²) in [7, 11) is 1.60. The molecule has 0 unspecified atom stereocenters. The van der Waals surface area contributed by atoms with Crippen molar-refractivity contribution in [2.24, 2.45) is 0 Å². The molecule has 0 bridgehead atoms. The number of nitrogens with one attached hydrogen (secondary N) is 3. The SMILES string of the molecule is CCc1ccccc1NC(=O)CN(C)C(=O)c1ccc(CNC(=O)NC(C)C)cc1. The number of amides is 4. The molecule has 3 N–H and O–H groups in total. The topological polar surface area (TPSA) is 90.5 Å². The summed E-state index contributed by atoms with van der Waals surface area (Å²) in [4.78, 5) is 38.0. The average Bonchev–Trinajstić information content (AvgIpc) is 2.72. The summed E-state index contributed by atoms with van der Waals surface area (Å²) in [6.07, 6.45) is 0.811. The van der Waals surface area contributed by atoms with Crippen molar-refractivity contribution in [2.75, 3.05) is 18.9 Å². The molecule has 7 heteroatoms. The van der Waals surface area contributed by atoms with Crippen molar-refractivity contribution in [3.63, 3.8) is 0 Å². The molecule has 0 aromatic heterocycles. The highest BCUT2D eigenvalue weighted by Crippen LogP contribution is 2.15. The lowest BCUT2D eigenvalue weighted by atomic mass is 10.1. The normalized spacial score (nSPS) is 10.4. The number of carbonyl (C=O) groups is 3. The van der Waals surface area contributed by atoms with Crippen molar-refractivity contribution in [1.82, 2.24) is 15.5 Å².